The summed E-state index contributed by atoms with van der Waals surface area (Å²) in [5.41, 5.74) is 1.00. The maximum Gasteiger partial charge on any atom is 0.144 e. The molecule has 0 spiro atoms. The van der Waals surface area contributed by atoms with Crippen LogP contribution in [0.1, 0.15) is 31.9 Å². The van der Waals surface area contributed by atoms with Crippen molar-refractivity contribution in [3.63, 3.8) is 0 Å². The first-order valence-corrected chi connectivity index (χ1v) is 7.13. The van der Waals surface area contributed by atoms with Crippen molar-refractivity contribution < 1.29 is 4.74 Å². The van der Waals surface area contributed by atoms with E-state index in [4.69, 9.17) is 4.74 Å². The molecule has 0 radical (unpaired) electrons. The summed E-state index contributed by atoms with van der Waals surface area (Å²) in [7, 11) is 2.10. The lowest BCUT2D eigenvalue weighted by molar-refractivity contribution is 0.0789. The van der Waals surface area contributed by atoms with E-state index < -0.39 is 0 Å². The molecule has 106 valence electrons. The van der Waals surface area contributed by atoms with Gasteiger partial charge in [-0.25, -0.2) is 4.98 Å². The molecule has 1 unspecified atom stereocenters. The van der Waals surface area contributed by atoms with E-state index in [-0.39, 0.29) is 0 Å². The summed E-state index contributed by atoms with van der Waals surface area (Å²) >= 11 is 0. The number of anilines is 1. The Labute approximate surface area is 115 Å². The lowest BCUT2D eigenvalue weighted by Crippen LogP contribution is -2.28. The van der Waals surface area contributed by atoms with Gasteiger partial charge in [-0.2, -0.15) is 0 Å². The van der Waals surface area contributed by atoms with Crippen LogP contribution in [-0.2, 0) is 11.3 Å². The van der Waals surface area contributed by atoms with E-state index in [0.29, 0.717) is 6.10 Å². The van der Waals surface area contributed by atoms with E-state index >= 15 is 0 Å². The molecule has 0 aliphatic carbocycles. The summed E-state index contributed by atoms with van der Waals surface area (Å²) < 4.78 is 5.64. The molecule has 0 amide bonds. The Kier molecular flexibility index (Phi) is 5.54. The van der Waals surface area contributed by atoms with Gasteiger partial charge in [0.2, 0.25) is 0 Å². The Morgan fingerprint density at radius 2 is 2.32 bits per heavy atom. The molecule has 19 heavy (non-hydrogen) atoms. The van der Waals surface area contributed by atoms with Gasteiger partial charge in [0.1, 0.15) is 5.82 Å². The molecule has 1 aromatic heterocycles. The van der Waals surface area contributed by atoms with Crippen LogP contribution in [0.4, 0.5) is 5.82 Å². The number of likely N-dealkylation sites (N-methyl/N-ethyl adjacent to an activating group) is 1. The van der Waals surface area contributed by atoms with E-state index in [1.54, 1.807) is 0 Å². The monoisotopic (exact) mass is 264 g/mol. The molecule has 1 N–H and O–H groups in total. The number of aromatic nitrogens is 2. The Hall–Kier alpha value is -1.20. The van der Waals surface area contributed by atoms with E-state index in [0.717, 1.165) is 44.2 Å². The second-order valence-corrected chi connectivity index (χ2v) is 5.15. The van der Waals surface area contributed by atoms with Crippen LogP contribution in [0, 0.1) is 0 Å². The van der Waals surface area contributed by atoms with Gasteiger partial charge in [0.15, 0.2) is 0 Å². The van der Waals surface area contributed by atoms with Crippen molar-refractivity contribution in [3.8, 4) is 0 Å². The third-order valence-corrected chi connectivity index (χ3v) is 3.23. The highest BCUT2D eigenvalue weighted by Crippen LogP contribution is 2.13. The van der Waals surface area contributed by atoms with Crippen LogP contribution in [0.25, 0.3) is 0 Å². The molecule has 0 saturated carbocycles. The summed E-state index contributed by atoms with van der Waals surface area (Å²) in [6, 6.07) is 0. The van der Waals surface area contributed by atoms with Crippen LogP contribution in [0.2, 0.25) is 0 Å². The van der Waals surface area contributed by atoms with E-state index in [2.05, 4.69) is 34.2 Å². The first-order chi connectivity index (χ1) is 9.28. The Morgan fingerprint density at radius 1 is 1.42 bits per heavy atom. The summed E-state index contributed by atoms with van der Waals surface area (Å²) in [5, 5.41) is 3.23. The van der Waals surface area contributed by atoms with Crippen LogP contribution < -0.4 is 5.32 Å². The number of nitrogens with zero attached hydrogens (tertiary/aromatic N) is 3. The SMILES string of the molecule is CCCNc1cnc(CN(C)CC2CCCO2)cn1. The maximum absolute atomic E-state index is 5.64. The fraction of sp³-hybridized carbons (Fsp3) is 0.714. The number of hydrogen-bond acceptors (Lipinski definition) is 5. The van der Waals surface area contributed by atoms with Gasteiger partial charge < -0.3 is 10.1 Å². The highest BCUT2D eigenvalue weighted by atomic mass is 16.5. The third kappa shape index (κ3) is 4.76. The van der Waals surface area contributed by atoms with Crippen LogP contribution in [0.5, 0.6) is 0 Å². The van der Waals surface area contributed by atoms with Crippen molar-refractivity contribution in [3.05, 3.63) is 18.1 Å². The standard InChI is InChI=1S/C14H24N4O/c1-3-6-15-14-9-16-12(8-17-14)10-18(2)11-13-5-4-7-19-13/h8-9,13H,3-7,10-11H2,1-2H3,(H,15,17). The number of nitrogens with one attached hydrogen (secondary N) is 1. The molecular formula is C14H24N4O. The number of hydrogen-bond donors (Lipinski definition) is 1. The Bertz CT molecular complexity index is 362. The Balaban J connectivity index is 1.77. The van der Waals surface area contributed by atoms with Crippen molar-refractivity contribution in [2.45, 2.75) is 38.8 Å². The van der Waals surface area contributed by atoms with Gasteiger partial charge in [-0.15, -0.1) is 0 Å². The van der Waals surface area contributed by atoms with Gasteiger partial charge in [-0.05, 0) is 26.3 Å². The van der Waals surface area contributed by atoms with Crippen LogP contribution >= 0.6 is 0 Å². The molecule has 1 aliphatic heterocycles. The summed E-state index contributed by atoms with van der Waals surface area (Å²) in [6.45, 7) is 5.77. The minimum atomic E-state index is 0.392. The highest BCUT2D eigenvalue weighted by Gasteiger charge is 2.17. The predicted octanol–water partition coefficient (Wildman–Crippen LogP) is 1.91. The predicted molar refractivity (Wildman–Crippen MR) is 76.1 cm³/mol. The first-order valence-electron chi connectivity index (χ1n) is 7.13. The molecule has 1 aliphatic rings. The van der Waals surface area contributed by atoms with Crippen LogP contribution in [0.15, 0.2) is 12.4 Å². The minimum Gasteiger partial charge on any atom is -0.377 e. The maximum atomic E-state index is 5.64. The summed E-state index contributed by atoms with van der Waals surface area (Å²) in [6.07, 6.45) is 7.51. The topological polar surface area (TPSA) is 50.3 Å². The molecular weight excluding hydrogens is 240 g/mol. The number of ether oxygens (including phenoxy) is 1. The normalized spacial score (nSPS) is 19.0. The molecule has 5 heteroatoms. The molecule has 1 aromatic rings. The largest absolute Gasteiger partial charge is 0.377 e. The molecule has 2 rings (SSSR count). The molecule has 0 bridgehead atoms. The van der Waals surface area contributed by atoms with Gasteiger partial charge >= 0.3 is 0 Å². The summed E-state index contributed by atoms with van der Waals surface area (Å²) in [5.74, 6) is 0.854. The molecule has 0 aromatic carbocycles. The average molecular weight is 264 g/mol. The second kappa shape index (κ2) is 7.40. The zero-order valence-corrected chi connectivity index (χ0v) is 11.9. The molecule has 1 fully saturated rings. The van der Waals surface area contributed by atoms with Crippen LogP contribution in [0.3, 0.4) is 0 Å². The minimum absolute atomic E-state index is 0.392. The average Bonchev–Trinajstić information content (AvgIpc) is 2.90. The van der Waals surface area contributed by atoms with Crippen molar-refractivity contribution >= 4 is 5.82 Å². The first kappa shape index (κ1) is 14.2. The van der Waals surface area contributed by atoms with E-state index in [1.807, 2.05) is 12.4 Å². The fourth-order valence-corrected chi connectivity index (χ4v) is 2.26. The number of rotatable bonds is 7. The van der Waals surface area contributed by atoms with Crippen molar-refractivity contribution in [2.24, 2.45) is 0 Å². The molecule has 1 atom stereocenters. The van der Waals surface area contributed by atoms with Gasteiger partial charge in [0.05, 0.1) is 24.2 Å². The van der Waals surface area contributed by atoms with Crippen molar-refractivity contribution in [1.82, 2.24) is 14.9 Å². The highest BCUT2D eigenvalue weighted by molar-refractivity contribution is 5.30. The molecule has 1 saturated heterocycles. The molecule has 5 nitrogen and oxygen atoms in total. The third-order valence-electron chi connectivity index (χ3n) is 3.23. The summed E-state index contributed by atoms with van der Waals surface area (Å²) in [4.78, 5) is 11.1. The lowest BCUT2D eigenvalue weighted by Gasteiger charge is -2.19. The fourth-order valence-electron chi connectivity index (χ4n) is 2.26. The lowest BCUT2D eigenvalue weighted by atomic mass is 10.2. The quantitative estimate of drug-likeness (QED) is 0.815. The van der Waals surface area contributed by atoms with Gasteiger partial charge in [-0.1, -0.05) is 6.92 Å². The smallest absolute Gasteiger partial charge is 0.144 e. The zero-order chi connectivity index (χ0) is 13.5. The van der Waals surface area contributed by atoms with Gasteiger partial charge in [0.25, 0.3) is 0 Å². The van der Waals surface area contributed by atoms with Gasteiger partial charge in [0, 0.05) is 26.2 Å². The van der Waals surface area contributed by atoms with Gasteiger partial charge in [-0.3, -0.25) is 9.88 Å². The second-order valence-electron chi connectivity index (χ2n) is 5.15. The van der Waals surface area contributed by atoms with Crippen molar-refractivity contribution in [1.29, 1.82) is 0 Å². The zero-order valence-electron chi connectivity index (χ0n) is 11.9. The van der Waals surface area contributed by atoms with E-state index in [9.17, 15) is 0 Å². The van der Waals surface area contributed by atoms with Crippen LogP contribution in [-0.4, -0.2) is 47.7 Å². The molecule has 2 heterocycles. The Morgan fingerprint density at radius 3 is 2.95 bits per heavy atom. The van der Waals surface area contributed by atoms with Crippen molar-refractivity contribution in [2.75, 3.05) is 32.1 Å². The van der Waals surface area contributed by atoms with E-state index in [1.165, 1.54) is 12.8 Å².